The zero-order chi connectivity index (χ0) is 21.2. The molecule has 0 saturated carbocycles. The number of halogens is 4. The average molecular weight is 429 g/mol. The second-order valence-electron chi connectivity index (χ2n) is 5.76. The molecule has 0 aliphatic rings. The fraction of sp³-hybridized carbons (Fsp3) is 0.294. The lowest BCUT2D eigenvalue weighted by atomic mass is 10.3. The lowest BCUT2D eigenvalue weighted by Gasteiger charge is -2.14. The van der Waals surface area contributed by atoms with Crippen LogP contribution in [0.5, 0.6) is 5.88 Å². The van der Waals surface area contributed by atoms with Gasteiger partial charge >= 0.3 is 6.18 Å². The van der Waals surface area contributed by atoms with Crippen LogP contribution in [0.2, 0.25) is 0 Å². The van der Waals surface area contributed by atoms with Crippen molar-refractivity contribution in [1.82, 2.24) is 24.3 Å². The van der Waals surface area contributed by atoms with Gasteiger partial charge in [0.1, 0.15) is 0 Å². The highest BCUT2D eigenvalue weighted by Gasteiger charge is 2.29. The van der Waals surface area contributed by atoms with Crippen LogP contribution in [0.3, 0.4) is 0 Å². The van der Waals surface area contributed by atoms with Crippen molar-refractivity contribution >= 4 is 11.8 Å². The fourth-order valence-electron chi connectivity index (χ4n) is 2.48. The Labute approximate surface area is 166 Å². The molecule has 0 aromatic carbocycles. The van der Waals surface area contributed by atoms with E-state index in [9.17, 15) is 22.4 Å². The minimum Gasteiger partial charge on any atom is -0.466 e. The number of aryl methyl sites for hydroxylation is 1. The molecule has 0 saturated heterocycles. The molecule has 0 unspecified atom stereocenters. The van der Waals surface area contributed by atoms with E-state index in [4.69, 9.17) is 0 Å². The molecule has 0 amide bonds. The Balaban J connectivity index is 2.03. The summed E-state index contributed by atoms with van der Waals surface area (Å²) in [5.41, 5.74) is 0.525. The topological polar surface area (TPSA) is 74.8 Å². The highest BCUT2D eigenvalue weighted by atomic mass is 32.2. The van der Waals surface area contributed by atoms with Crippen molar-refractivity contribution in [1.29, 1.82) is 0 Å². The number of nitrogens with zero attached hydrogens (tertiary/aromatic N) is 5. The smallest absolute Gasteiger partial charge is 0.422 e. The van der Waals surface area contributed by atoms with Crippen LogP contribution in [0.4, 0.5) is 17.6 Å². The van der Waals surface area contributed by atoms with Gasteiger partial charge in [0.2, 0.25) is 0 Å². The lowest BCUT2D eigenvalue weighted by Crippen LogP contribution is -2.22. The van der Waals surface area contributed by atoms with Crippen LogP contribution in [0.15, 0.2) is 40.5 Å². The number of rotatable bonds is 6. The Kier molecular flexibility index (Phi) is 5.91. The lowest BCUT2D eigenvalue weighted by molar-refractivity contribution is -0.154. The number of hydrogen-bond donors (Lipinski definition) is 0. The second-order valence-corrected chi connectivity index (χ2v) is 6.99. The van der Waals surface area contributed by atoms with Crippen molar-refractivity contribution in [3.05, 3.63) is 46.8 Å². The Morgan fingerprint density at radius 3 is 2.62 bits per heavy atom. The van der Waals surface area contributed by atoms with Gasteiger partial charge in [-0.05, 0) is 11.8 Å². The summed E-state index contributed by atoms with van der Waals surface area (Å²) >= 11 is 1.24. The molecule has 0 fully saturated rings. The number of hydrogen-bond acceptors (Lipinski definition) is 6. The third-order valence-electron chi connectivity index (χ3n) is 3.67. The first kappa shape index (κ1) is 20.8. The highest BCUT2D eigenvalue weighted by Crippen LogP contribution is 2.25. The molecule has 12 heteroatoms. The maximum atomic E-state index is 14.2. The van der Waals surface area contributed by atoms with E-state index in [2.05, 4.69) is 19.8 Å². The number of alkyl halides is 3. The molecule has 0 atom stereocenters. The van der Waals surface area contributed by atoms with E-state index < -0.39 is 30.0 Å². The maximum Gasteiger partial charge on any atom is 0.422 e. The van der Waals surface area contributed by atoms with Crippen LogP contribution in [-0.4, -0.2) is 42.9 Å². The van der Waals surface area contributed by atoms with Crippen LogP contribution in [0, 0.1) is 5.82 Å². The maximum absolute atomic E-state index is 14.2. The molecule has 0 radical (unpaired) electrons. The third-order valence-corrected chi connectivity index (χ3v) is 4.49. The van der Waals surface area contributed by atoms with Gasteiger partial charge in [0, 0.05) is 25.4 Å². The van der Waals surface area contributed by atoms with E-state index in [1.165, 1.54) is 17.8 Å². The third kappa shape index (κ3) is 4.75. The van der Waals surface area contributed by atoms with Crippen molar-refractivity contribution in [3.63, 3.8) is 0 Å². The minimum absolute atomic E-state index is 0.0202. The van der Waals surface area contributed by atoms with Gasteiger partial charge in [-0.15, -0.1) is 0 Å². The monoisotopic (exact) mass is 429 g/mol. The summed E-state index contributed by atoms with van der Waals surface area (Å²) < 4.78 is 58.0. The van der Waals surface area contributed by atoms with Crippen LogP contribution >= 0.6 is 11.8 Å². The average Bonchev–Trinajstić information content (AvgIpc) is 3.06. The minimum atomic E-state index is -4.62. The molecular weight excluding hydrogens is 414 g/mol. The molecule has 154 valence electrons. The summed E-state index contributed by atoms with van der Waals surface area (Å²) in [5, 5.41) is 4.32. The molecule has 0 bridgehead atoms. The zero-order valence-corrected chi connectivity index (χ0v) is 16.1. The van der Waals surface area contributed by atoms with E-state index in [0.717, 1.165) is 16.8 Å². The van der Waals surface area contributed by atoms with Gasteiger partial charge < -0.3 is 4.74 Å². The summed E-state index contributed by atoms with van der Waals surface area (Å²) in [5.74, 6) is -1.35. The number of thioether (sulfide) groups is 1. The van der Waals surface area contributed by atoms with Crippen molar-refractivity contribution in [3.8, 4) is 23.0 Å². The molecule has 29 heavy (non-hydrogen) atoms. The second kappa shape index (κ2) is 8.23. The SMILES string of the molecule is CCSc1nc(-c2ccnn2C)cc(=O)n1-c1cnc(OCC(F)(F)F)c(F)c1. The van der Waals surface area contributed by atoms with Crippen molar-refractivity contribution in [2.45, 2.75) is 18.3 Å². The number of ether oxygens (including phenoxy) is 1. The molecule has 3 aromatic heterocycles. The van der Waals surface area contributed by atoms with Gasteiger partial charge in [0.05, 0.1) is 23.3 Å². The van der Waals surface area contributed by atoms with Gasteiger partial charge in [-0.25, -0.2) is 14.4 Å². The molecule has 3 rings (SSSR count). The molecular formula is C17H15F4N5O2S. The van der Waals surface area contributed by atoms with E-state index in [1.54, 1.807) is 24.0 Å². The standard InChI is InChI=1S/C17H15F4N5O2S/c1-3-29-16-24-12(13-4-5-23-25(13)2)7-14(27)26(16)10-6-11(18)15(22-8-10)28-9-17(19,20)21/h4-8H,3,9H2,1-2H3. The van der Waals surface area contributed by atoms with Crippen LogP contribution in [0.25, 0.3) is 17.1 Å². The molecule has 3 heterocycles. The molecule has 3 aromatic rings. The summed E-state index contributed by atoms with van der Waals surface area (Å²) in [6, 6.07) is 3.84. The Hall–Kier alpha value is -2.89. The molecule has 7 nitrogen and oxygen atoms in total. The van der Waals surface area contributed by atoms with Crippen LogP contribution < -0.4 is 10.3 Å². The van der Waals surface area contributed by atoms with Crippen molar-refractivity contribution in [2.75, 3.05) is 12.4 Å². The van der Waals surface area contributed by atoms with Gasteiger partial charge in [-0.1, -0.05) is 18.7 Å². The predicted octanol–water partition coefficient (Wildman–Crippen LogP) is 3.22. The van der Waals surface area contributed by atoms with Crippen LogP contribution in [0.1, 0.15) is 6.92 Å². The van der Waals surface area contributed by atoms with E-state index >= 15 is 0 Å². The molecule has 0 aliphatic carbocycles. The number of aromatic nitrogens is 5. The first-order valence-electron chi connectivity index (χ1n) is 8.30. The Morgan fingerprint density at radius 1 is 1.28 bits per heavy atom. The van der Waals surface area contributed by atoms with Gasteiger partial charge in [-0.2, -0.15) is 18.3 Å². The molecule has 0 N–H and O–H groups in total. The Bertz CT molecular complexity index is 1080. The summed E-state index contributed by atoms with van der Waals surface area (Å²) in [6.07, 6.45) is -2.00. The predicted molar refractivity (Wildman–Crippen MR) is 97.7 cm³/mol. The molecule has 0 spiro atoms. The largest absolute Gasteiger partial charge is 0.466 e. The summed E-state index contributed by atoms with van der Waals surface area (Å²) in [6.45, 7) is 0.179. The van der Waals surface area contributed by atoms with E-state index in [1.807, 2.05) is 6.92 Å². The van der Waals surface area contributed by atoms with Gasteiger partial charge in [-0.3, -0.25) is 14.0 Å². The van der Waals surface area contributed by atoms with Gasteiger partial charge in [0.25, 0.3) is 11.4 Å². The fourth-order valence-corrected chi connectivity index (χ4v) is 3.22. The zero-order valence-electron chi connectivity index (χ0n) is 15.3. The highest BCUT2D eigenvalue weighted by molar-refractivity contribution is 7.99. The van der Waals surface area contributed by atoms with Crippen molar-refractivity contribution < 1.29 is 22.3 Å². The summed E-state index contributed by atoms with van der Waals surface area (Å²) in [7, 11) is 1.70. The van der Waals surface area contributed by atoms with E-state index in [-0.39, 0.29) is 10.8 Å². The Morgan fingerprint density at radius 2 is 2.03 bits per heavy atom. The first-order chi connectivity index (χ1) is 13.7. The normalized spacial score (nSPS) is 11.7. The van der Waals surface area contributed by atoms with Crippen molar-refractivity contribution in [2.24, 2.45) is 7.05 Å². The first-order valence-corrected chi connectivity index (χ1v) is 9.29. The molecule has 0 aliphatic heterocycles. The van der Waals surface area contributed by atoms with E-state index in [0.29, 0.717) is 17.1 Å². The van der Waals surface area contributed by atoms with Crippen LogP contribution in [-0.2, 0) is 7.05 Å². The quantitative estimate of drug-likeness (QED) is 0.340. The summed E-state index contributed by atoms with van der Waals surface area (Å²) in [4.78, 5) is 20.8. The van der Waals surface area contributed by atoms with Gasteiger partial charge in [0.15, 0.2) is 17.6 Å². The number of pyridine rings is 1.